The Kier molecular flexibility index (Phi) is 4.68. The maximum absolute atomic E-state index is 12.9. The molecule has 9 nitrogen and oxygen atoms in total. The lowest BCUT2D eigenvalue weighted by atomic mass is 9.95. The van der Waals surface area contributed by atoms with Crippen LogP contribution in [0.1, 0.15) is 52.0 Å². The largest absolute Gasteiger partial charge is 0.372 e. The molecule has 3 N–H and O–H groups in total. The molecule has 3 fully saturated rings. The lowest BCUT2D eigenvalue weighted by Crippen LogP contribution is -2.54. The zero-order valence-electron chi connectivity index (χ0n) is 16.5. The fourth-order valence-corrected chi connectivity index (χ4v) is 4.90. The van der Waals surface area contributed by atoms with Crippen molar-refractivity contribution in [3.05, 3.63) is 34.9 Å². The van der Waals surface area contributed by atoms with Crippen LogP contribution < -0.4 is 16.0 Å². The molecule has 4 aliphatic rings. The summed E-state index contributed by atoms with van der Waals surface area (Å²) in [5.74, 6) is -1.95. The van der Waals surface area contributed by atoms with Gasteiger partial charge in [0.05, 0.1) is 16.7 Å². The van der Waals surface area contributed by atoms with E-state index in [-0.39, 0.29) is 24.3 Å². The molecule has 4 heterocycles. The molecule has 1 aromatic carbocycles. The lowest BCUT2D eigenvalue weighted by Gasteiger charge is -2.32. The number of amides is 4. The first kappa shape index (κ1) is 19.3. The topological polar surface area (TPSA) is 117 Å². The van der Waals surface area contributed by atoms with E-state index in [4.69, 9.17) is 4.74 Å². The Morgan fingerprint density at radius 1 is 1.13 bits per heavy atom. The highest BCUT2D eigenvalue weighted by molar-refractivity contribution is 6.23. The fraction of sp³-hybridized carbons (Fsp3) is 0.524. The smallest absolute Gasteiger partial charge is 0.262 e. The van der Waals surface area contributed by atoms with Crippen LogP contribution in [0.5, 0.6) is 0 Å². The van der Waals surface area contributed by atoms with Gasteiger partial charge in [0.1, 0.15) is 6.04 Å². The third-order valence-corrected chi connectivity index (χ3v) is 6.49. The molecule has 158 valence electrons. The minimum Gasteiger partial charge on any atom is -0.372 e. The predicted octanol–water partition coefficient (Wildman–Crippen LogP) is -0.302. The molecule has 9 heteroatoms. The molecule has 3 unspecified atom stereocenters. The Morgan fingerprint density at radius 3 is 2.80 bits per heavy atom. The van der Waals surface area contributed by atoms with Crippen LogP contribution >= 0.6 is 0 Å². The summed E-state index contributed by atoms with van der Waals surface area (Å²) in [4.78, 5) is 50.2. The predicted molar refractivity (Wildman–Crippen MR) is 105 cm³/mol. The zero-order valence-corrected chi connectivity index (χ0v) is 16.5. The zero-order chi connectivity index (χ0) is 20.9. The fourth-order valence-electron chi connectivity index (χ4n) is 4.90. The molecule has 30 heavy (non-hydrogen) atoms. The highest BCUT2D eigenvalue weighted by Crippen LogP contribution is 2.30. The number of nitrogens with one attached hydrogen (secondary N) is 3. The van der Waals surface area contributed by atoms with Gasteiger partial charge in [0.2, 0.25) is 11.8 Å². The van der Waals surface area contributed by atoms with Crippen LogP contribution in [-0.2, 0) is 20.9 Å². The number of ether oxygens (including phenoxy) is 1. The maximum Gasteiger partial charge on any atom is 0.262 e. The van der Waals surface area contributed by atoms with Crippen LogP contribution in [0, 0.1) is 0 Å². The second kappa shape index (κ2) is 7.26. The van der Waals surface area contributed by atoms with E-state index in [9.17, 15) is 19.2 Å². The van der Waals surface area contributed by atoms with E-state index >= 15 is 0 Å². The summed E-state index contributed by atoms with van der Waals surface area (Å²) < 4.78 is 6.01. The number of carbonyl (C=O) groups excluding carboxylic acids is 4. The summed E-state index contributed by atoms with van der Waals surface area (Å²) in [6.45, 7) is 2.86. The van der Waals surface area contributed by atoms with Gasteiger partial charge in [-0.25, -0.2) is 0 Å². The summed E-state index contributed by atoms with van der Waals surface area (Å²) in [5, 5.41) is 9.11. The second-order valence-corrected chi connectivity index (χ2v) is 8.53. The average Bonchev–Trinajstić information content (AvgIpc) is 3.15. The summed E-state index contributed by atoms with van der Waals surface area (Å²) in [6.07, 6.45) is 2.31. The van der Waals surface area contributed by atoms with Gasteiger partial charge in [-0.15, -0.1) is 0 Å². The van der Waals surface area contributed by atoms with Gasteiger partial charge in [0.25, 0.3) is 11.8 Å². The quantitative estimate of drug-likeness (QED) is 0.569. The minimum absolute atomic E-state index is 0.110. The van der Waals surface area contributed by atoms with Crippen molar-refractivity contribution in [2.75, 3.05) is 19.7 Å². The number of piperidine rings is 1. The first-order valence-electron chi connectivity index (χ1n) is 10.4. The normalized spacial score (nSPS) is 30.6. The molecule has 4 aliphatic heterocycles. The van der Waals surface area contributed by atoms with Crippen molar-refractivity contribution in [3.63, 3.8) is 0 Å². The summed E-state index contributed by atoms with van der Waals surface area (Å²) in [5.41, 5.74) is 1.31. The number of rotatable bonds is 5. The van der Waals surface area contributed by atoms with Crippen molar-refractivity contribution in [1.82, 2.24) is 20.9 Å². The van der Waals surface area contributed by atoms with Crippen molar-refractivity contribution < 1.29 is 23.9 Å². The lowest BCUT2D eigenvalue weighted by molar-refractivity contribution is -0.136. The van der Waals surface area contributed by atoms with Gasteiger partial charge < -0.3 is 15.4 Å². The SMILES string of the molecule is O=C1CCC(N2C(=O)c3ccc(CNCC45CNC(CCO4)C5)cc3C2=O)C(=O)N1. The van der Waals surface area contributed by atoms with E-state index in [1.807, 2.05) is 6.07 Å². The van der Waals surface area contributed by atoms with Gasteiger partial charge in [-0.3, -0.25) is 29.4 Å². The third kappa shape index (κ3) is 3.23. The van der Waals surface area contributed by atoms with Crippen molar-refractivity contribution in [1.29, 1.82) is 0 Å². The molecule has 1 aromatic rings. The van der Waals surface area contributed by atoms with E-state index in [0.717, 1.165) is 36.5 Å². The van der Waals surface area contributed by atoms with Gasteiger partial charge in [-0.1, -0.05) is 6.07 Å². The molecule has 2 bridgehead atoms. The minimum atomic E-state index is -0.943. The molecule has 0 aromatic heterocycles. The number of benzene rings is 1. The summed E-state index contributed by atoms with van der Waals surface area (Å²) in [7, 11) is 0. The Bertz CT molecular complexity index is 943. The first-order chi connectivity index (χ1) is 14.5. The molecule has 5 rings (SSSR count). The summed E-state index contributed by atoms with van der Waals surface area (Å²) >= 11 is 0. The van der Waals surface area contributed by atoms with E-state index in [2.05, 4.69) is 16.0 Å². The number of nitrogens with zero attached hydrogens (tertiary/aromatic N) is 1. The Morgan fingerprint density at radius 2 is 1.97 bits per heavy atom. The van der Waals surface area contributed by atoms with E-state index < -0.39 is 23.8 Å². The Hall–Kier alpha value is -2.62. The molecular weight excluding hydrogens is 388 g/mol. The molecule has 0 saturated carbocycles. The molecular formula is C21H24N4O5. The standard InChI is InChI=1S/C21H24N4O5/c26-17-4-3-16(18(27)24-17)25-19(28)14-2-1-12(7-15(14)20(25)29)9-22-10-21-8-13(23-11-21)5-6-30-21/h1-2,7,13,16,22-23H,3-6,8-11H2,(H,24,26,27). The van der Waals surface area contributed by atoms with Crippen molar-refractivity contribution in [2.24, 2.45) is 0 Å². The highest BCUT2D eigenvalue weighted by atomic mass is 16.5. The van der Waals surface area contributed by atoms with E-state index in [1.54, 1.807) is 12.1 Å². The molecule has 4 amide bonds. The number of hydrogen-bond acceptors (Lipinski definition) is 7. The molecule has 0 spiro atoms. The highest BCUT2D eigenvalue weighted by Gasteiger charge is 2.45. The van der Waals surface area contributed by atoms with Crippen molar-refractivity contribution in [3.8, 4) is 0 Å². The molecule has 0 radical (unpaired) electrons. The van der Waals surface area contributed by atoms with Crippen LogP contribution in [0.3, 0.4) is 0 Å². The average molecular weight is 412 g/mol. The van der Waals surface area contributed by atoms with E-state index in [1.165, 1.54) is 0 Å². The van der Waals surface area contributed by atoms with Crippen molar-refractivity contribution in [2.45, 2.75) is 49.9 Å². The number of fused-ring (bicyclic) bond motifs is 3. The number of carbonyl (C=O) groups is 4. The summed E-state index contributed by atoms with van der Waals surface area (Å²) in [6, 6.07) is 4.76. The monoisotopic (exact) mass is 412 g/mol. The Labute approximate surface area is 173 Å². The Balaban J connectivity index is 1.27. The van der Waals surface area contributed by atoms with Gasteiger partial charge in [0.15, 0.2) is 0 Å². The van der Waals surface area contributed by atoms with E-state index in [0.29, 0.717) is 30.3 Å². The van der Waals surface area contributed by atoms with Gasteiger partial charge in [-0.2, -0.15) is 0 Å². The van der Waals surface area contributed by atoms with Crippen LogP contribution in [0.4, 0.5) is 0 Å². The van der Waals surface area contributed by atoms with Crippen LogP contribution in [0.15, 0.2) is 18.2 Å². The molecule has 3 saturated heterocycles. The number of hydrogen-bond donors (Lipinski definition) is 3. The number of imide groups is 2. The van der Waals surface area contributed by atoms with Gasteiger partial charge in [-0.05, 0) is 37.0 Å². The first-order valence-corrected chi connectivity index (χ1v) is 10.4. The van der Waals surface area contributed by atoms with Crippen LogP contribution in [-0.4, -0.2) is 65.9 Å². The molecule has 0 aliphatic carbocycles. The van der Waals surface area contributed by atoms with Gasteiger partial charge in [0, 0.05) is 38.7 Å². The molecule has 3 atom stereocenters. The van der Waals surface area contributed by atoms with Crippen LogP contribution in [0.25, 0.3) is 0 Å². The van der Waals surface area contributed by atoms with Crippen molar-refractivity contribution >= 4 is 23.6 Å². The van der Waals surface area contributed by atoms with Crippen LogP contribution in [0.2, 0.25) is 0 Å². The second-order valence-electron chi connectivity index (χ2n) is 8.53. The van der Waals surface area contributed by atoms with Gasteiger partial charge >= 0.3 is 0 Å². The third-order valence-electron chi connectivity index (χ3n) is 6.49. The maximum atomic E-state index is 12.9.